The van der Waals surface area contributed by atoms with E-state index < -0.39 is 6.04 Å². The average Bonchev–Trinajstić information content (AvgIpc) is 3.04. The van der Waals surface area contributed by atoms with Crippen LogP contribution in [-0.4, -0.2) is 52.5 Å². The predicted octanol–water partition coefficient (Wildman–Crippen LogP) is 0.427. The Morgan fingerprint density at radius 2 is 2.19 bits per heavy atom. The Balaban J connectivity index is 1.52. The van der Waals surface area contributed by atoms with Crippen molar-refractivity contribution < 1.29 is 14.1 Å². The van der Waals surface area contributed by atoms with Gasteiger partial charge in [0.25, 0.3) is 0 Å². The number of aromatic nitrogens is 2. The number of aryl methyl sites for hydroxylation is 1. The summed E-state index contributed by atoms with van der Waals surface area (Å²) in [5.74, 6) is 0.798. The lowest BCUT2D eigenvalue weighted by atomic mass is 10.1. The van der Waals surface area contributed by atoms with Gasteiger partial charge in [0.1, 0.15) is 0 Å². The average molecular weight is 357 g/mol. The smallest absolute Gasteiger partial charge is 0.237 e. The van der Waals surface area contributed by atoms with E-state index >= 15 is 0 Å². The Kier molecular flexibility index (Phi) is 5.96. The molecule has 8 heteroatoms. The molecule has 0 spiro atoms. The van der Waals surface area contributed by atoms with Gasteiger partial charge in [-0.2, -0.15) is 4.98 Å². The molecule has 26 heavy (non-hydrogen) atoms. The quantitative estimate of drug-likeness (QED) is 0.745. The molecular formula is C18H23N5O3. The monoisotopic (exact) mass is 357 g/mol. The van der Waals surface area contributed by atoms with Crippen LogP contribution >= 0.6 is 0 Å². The molecule has 0 aliphatic carbocycles. The zero-order valence-electron chi connectivity index (χ0n) is 14.8. The third kappa shape index (κ3) is 4.89. The highest BCUT2D eigenvalue weighted by Gasteiger charge is 2.31. The Morgan fingerprint density at radius 3 is 2.92 bits per heavy atom. The van der Waals surface area contributed by atoms with Crippen LogP contribution in [0.15, 0.2) is 34.9 Å². The number of amides is 2. The van der Waals surface area contributed by atoms with E-state index in [-0.39, 0.29) is 18.2 Å². The first-order valence-corrected chi connectivity index (χ1v) is 8.73. The van der Waals surface area contributed by atoms with Crippen molar-refractivity contribution in [3.05, 3.63) is 47.6 Å². The van der Waals surface area contributed by atoms with Crippen LogP contribution in [0.2, 0.25) is 0 Å². The van der Waals surface area contributed by atoms with Crippen molar-refractivity contribution in [2.45, 2.75) is 32.4 Å². The van der Waals surface area contributed by atoms with Crippen molar-refractivity contribution in [2.75, 3.05) is 19.6 Å². The highest BCUT2D eigenvalue weighted by atomic mass is 16.5. The second-order valence-corrected chi connectivity index (χ2v) is 6.30. The summed E-state index contributed by atoms with van der Waals surface area (Å²) >= 11 is 0. The Labute approximate surface area is 151 Å². The number of nitrogens with one attached hydrogen (secondary N) is 2. The number of hydrogen-bond acceptors (Lipinski definition) is 6. The number of rotatable bonds is 7. The zero-order valence-corrected chi connectivity index (χ0v) is 14.8. The first-order chi connectivity index (χ1) is 12.6. The van der Waals surface area contributed by atoms with E-state index in [0.717, 1.165) is 12.1 Å². The summed E-state index contributed by atoms with van der Waals surface area (Å²) in [6.45, 7) is 4.10. The molecule has 138 valence electrons. The molecule has 1 aromatic heterocycles. The van der Waals surface area contributed by atoms with Crippen molar-refractivity contribution >= 4 is 11.8 Å². The maximum Gasteiger partial charge on any atom is 0.237 e. The second kappa shape index (κ2) is 8.57. The minimum Gasteiger partial charge on any atom is -0.356 e. The highest BCUT2D eigenvalue weighted by Crippen LogP contribution is 2.13. The zero-order chi connectivity index (χ0) is 18.4. The molecule has 1 saturated heterocycles. The molecule has 2 aromatic rings. The molecule has 0 unspecified atom stereocenters. The topological polar surface area (TPSA) is 100 Å². The van der Waals surface area contributed by atoms with Crippen LogP contribution in [-0.2, 0) is 22.6 Å². The molecule has 1 atom stereocenters. The van der Waals surface area contributed by atoms with Gasteiger partial charge in [-0.3, -0.25) is 14.5 Å². The van der Waals surface area contributed by atoms with Crippen molar-refractivity contribution in [1.82, 2.24) is 25.7 Å². The maximum absolute atomic E-state index is 12.3. The van der Waals surface area contributed by atoms with E-state index in [1.165, 1.54) is 0 Å². The molecular weight excluding hydrogens is 334 g/mol. The van der Waals surface area contributed by atoms with Gasteiger partial charge in [0.05, 0.1) is 12.5 Å². The molecule has 0 bridgehead atoms. The molecule has 8 nitrogen and oxygen atoms in total. The summed E-state index contributed by atoms with van der Waals surface area (Å²) in [6, 6.07) is 9.49. The van der Waals surface area contributed by atoms with Gasteiger partial charge >= 0.3 is 0 Å². The van der Waals surface area contributed by atoms with E-state index in [0.29, 0.717) is 37.8 Å². The molecule has 2 amide bonds. The number of hydrogen-bond donors (Lipinski definition) is 2. The number of carbonyl (C=O) groups excluding carboxylic acids is 2. The number of benzene rings is 1. The summed E-state index contributed by atoms with van der Waals surface area (Å²) in [7, 11) is 0. The molecule has 1 aliphatic rings. The van der Waals surface area contributed by atoms with Gasteiger partial charge < -0.3 is 15.2 Å². The third-order valence-corrected chi connectivity index (χ3v) is 4.29. The van der Waals surface area contributed by atoms with E-state index in [1.54, 1.807) is 6.92 Å². The van der Waals surface area contributed by atoms with Crippen LogP contribution in [0.1, 0.15) is 23.7 Å². The molecule has 0 radical (unpaired) electrons. The lowest BCUT2D eigenvalue weighted by molar-refractivity contribution is -0.134. The van der Waals surface area contributed by atoms with Crippen molar-refractivity contribution in [1.29, 1.82) is 0 Å². The van der Waals surface area contributed by atoms with Gasteiger partial charge in [0.15, 0.2) is 5.82 Å². The highest BCUT2D eigenvalue weighted by molar-refractivity contribution is 5.88. The fourth-order valence-corrected chi connectivity index (χ4v) is 3.00. The van der Waals surface area contributed by atoms with Gasteiger partial charge in [-0.25, -0.2) is 0 Å². The second-order valence-electron chi connectivity index (χ2n) is 6.30. The normalized spacial score (nSPS) is 17.7. The summed E-state index contributed by atoms with van der Waals surface area (Å²) < 4.78 is 4.89. The van der Waals surface area contributed by atoms with Gasteiger partial charge in [-0.05, 0) is 5.56 Å². The Morgan fingerprint density at radius 1 is 1.38 bits per heavy atom. The van der Waals surface area contributed by atoms with Crippen LogP contribution in [0, 0.1) is 6.92 Å². The first-order valence-electron chi connectivity index (χ1n) is 8.73. The van der Waals surface area contributed by atoms with Gasteiger partial charge in [0.2, 0.25) is 17.7 Å². The van der Waals surface area contributed by atoms with Crippen molar-refractivity contribution in [2.24, 2.45) is 0 Å². The minimum atomic E-state index is -0.462. The Hall–Kier alpha value is -2.74. The lowest BCUT2D eigenvalue weighted by Crippen LogP contribution is -2.56. The summed E-state index contributed by atoms with van der Waals surface area (Å²) in [4.78, 5) is 30.7. The van der Waals surface area contributed by atoms with Crippen LogP contribution < -0.4 is 10.6 Å². The van der Waals surface area contributed by atoms with E-state index in [9.17, 15) is 9.59 Å². The molecule has 2 heterocycles. The standard InChI is InChI=1S/C18H23N5O3/c1-13-21-16(22-26-13)7-8-19-17(24)11-15-18(25)20-9-10-23(15)12-14-5-3-2-4-6-14/h2-6,15H,7-12H2,1H3,(H,19,24)(H,20,25)/t15-/m0/s1. The van der Waals surface area contributed by atoms with Gasteiger partial charge in [-0.1, -0.05) is 35.5 Å². The first kappa shape index (κ1) is 18.1. The minimum absolute atomic E-state index is 0.101. The van der Waals surface area contributed by atoms with E-state index in [1.807, 2.05) is 30.3 Å². The molecule has 1 fully saturated rings. The third-order valence-electron chi connectivity index (χ3n) is 4.29. The lowest BCUT2D eigenvalue weighted by Gasteiger charge is -2.34. The fourth-order valence-electron chi connectivity index (χ4n) is 3.00. The summed E-state index contributed by atoms with van der Waals surface area (Å²) in [5.41, 5.74) is 1.13. The SMILES string of the molecule is Cc1nc(CCNC(=O)C[C@H]2C(=O)NCCN2Cc2ccccc2)no1. The van der Waals surface area contributed by atoms with Crippen LogP contribution in [0.4, 0.5) is 0 Å². The molecule has 1 aromatic carbocycles. The van der Waals surface area contributed by atoms with Crippen LogP contribution in [0.5, 0.6) is 0 Å². The molecule has 0 saturated carbocycles. The van der Waals surface area contributed by atoms with Crippen molar-refractivity contribution in [3.63, 3.8) is 0 Å². The van der Waals surface area contributed by atoms with Gasteiger partial charge in [0, 0.05) is 39.5 Å². The number of piperazine rings is 1. The van der Waals surface area contributed by atoms with Gasteiger partial charge in [-0.15, -0.1) is 0 Å². The largest absolute Gasteiger partial charge is 0.356 e. The van der Waals surface area contributed by atoms with Crippen LogP contribution in [0.25, 0.3) is 0 Å². The molecule has 3 rings (SSSR count). The van der Waals surface area contributed by atoms with E-state index in [2.05, 4.69) is 25.7 Å². The summed E-state index contributed by atoms with van der Waals surface area (Å²) in [5, 5.41) is 9.46. The number of nitrogens with zero attached hydrogens (tertiary/aromatic N) is 3. The Bertz CT molecular complexity index is 746. The molecule has 2 N–H and O–H groups in total. The summed E-state index contributed by atoms with van der Waals surface area (Å²) in [6.07, 6.45) is 0.623. The predicted molar refractivity (Wildman–Crippen MR) is 94.0 cm³/mol. The molecule has 1 aliphatic heterocycles. The van der Waals surface area contributed by atoms with Crippen LogP contribution in [0.3, 0.4) is 0 Å². The van der Waals surface area contributed by atoms with Crippen molar-refractivity contribution in [3.8, 4) is 0 Å². The fraction of sp³-hybridized carbons (Fsp3) is 0.444. The van der Waals surface area contributed by atoms with E-state index in [4.69, 9.17) is 4.52 Å². The maximum atomic E-state index is 12.3. The number of carbonyl (C=O) groups is 2.